The Hall–Kier alpha value is -2.61. The number of nitrogens with one attached hydrogen (secondary N) is 2. The zero-order valence-corrected chi connectivity index (χ0v) is 10.7. The smallest absolute Gasteiger partial charge is 0.135 e. The van der Waals surface area contributed by atoms with E-state index in [1.165, 1.54) is 6.33 Å². The zero-order valence-electron chi connectivity index (χ0n) is 10.7. The number of aromatic nitrogens is 2. The van der Waals surface area contributed by atoms with Gasteiger partial charge in [-0.3, -0.25) is 0 Å². The summed E-state index contributed by atoms with van der Waals surface area (Å²) in [6.07, 6.45) is 2.53. The Morgan fingerprint density at radius 1 is 1.21 bits per heavy atom. The summed E-state index contributed by atoms with van der Waals surface area (Å²) in [4.78, 5) is 8.28. The summed E-state index contributed by atoms with van der Waals surface area (Å²) in [6.45, 7) is 2.96. The molecule has 0 aliphatic rings. The van der Waals surface area contributed by atoms with E-state index in [1.807, 2.05) is 24.3 Å². The lowest BCUT2D eigenvalue weighted by molar-refractivity contribution is 0.965. The van der Waals surface area contributed by atoms with Crippen LogP contribution in [-0.4, -0.2) is 16.5 Å². The highest BCUT2D eigenvalue weighted by Gasteiger charge is 2.03. The fourth-order valence-electron chi connectivity index (χ4n) is 1.60. The van der Waals surface area contributed by atoms with Crippen molar-refractivity contribution in [2.24, 2.45) is 0 Å². The maximum atomic E-state index is 9.03. The van der Waals surface area contributed by atoms with Crippen LogP contribution in [0.5, 0.6) is 0 Å². The van der Waals surface area contributed by atoms with Crippen LogP contribution in [0.4, 0.5) is 17.3 Å². The van der Waals surface area contributed by atoms with Crippen molar-refractivity contribution in [1.29, 1.82) is 5.26 Å². The van der Waals surface area contributed by atoms with Crippen molar-refractivity contribution in [1.82, 2.24) is 9.97 Å². The zero-order chi connectivity index (χ0) is 13.5. The van der Waals surface area contributed by atoms with Crippen LogP contribution < -0.4 is 10.6 Å². The SMILES string of the molecule is CCCNc1cc(Nc2ccccc2C#N)ncn1. The number of rotatable bonds is 5. The quantitative estimate of drug-likeness (QED) is 0.857. The van der Waals surface area contributed by atoms with Crippen molar-refractivity contribution in [2.75, 3.05) is 17.2 Å². The summed E-state index contributed by atoms with van der Waals surface area (Å²) in [5.74, 6) is 1.44. The summed E-state index contributed by atoms with van der Waals surface area (Å²) >= 11 is 0. The van der Waals surface area contributed by atoms with Crippen molar-refractivity contribution in [3.63, 3.8) is 0 Å². The minimum Gasteiger partial charge on any atom is -0.370 e. The lowest BCUT2D eigenvalue weighted by Crippen LogP contribution is -2.03. The summed E-state index contributed by atoms with van der Waals surface area (Å²) in [6, 6.07) is 11.3. The summed E-state index contributed by atoms with van der Waals surface area (Å²) < 4.78 is 0. The van der Waals surface area contributed by atoms with Crippen LogP contribution in [0.3, 0.4) is 0 Å². The molecule has 0 bridgehead atoms. The molecular formula is C14H15N5. The van der Waals surface area contributed by atoms with E-state index in [0.29, 0.717) is 11.4 Å². The number of nitrogens with zero attached hydrogens (tertiary/aromatic N) is 3. The second-order valence-corrected chi connectivity index (χ2v) is 4.00. The van der Waals surface area contributed by atoms with Gasteiger partial charge in [0.25, 0.3) is 0 Å². The van der Waals surface area contributed by atoms with Crippen LogP contribution in [0.25, 0.3) is 0 Å². The van der Waals surface area contributed by atoms with Gasteiger partial charge in [0, 0.05) is 12.6 Å². The van der Waals surface area contributed by atoms with Gasteiger partial charge in [0.1, 0.15) is 24.0 Å². The Morgan fingerprint density at radius 3 is 2.79 bits per heavy atom. The molecular weight excluding hydrogens is 238 g/mol. The Bertz CT molecular complexity index is 588. The molecule has 5 heteroatoms. The monoisotopic (exact) mass is 253 g/mol. The summed E-state index contributed by atoms with van der Waals surface area (Å²) in [7, 11) is 0. The van der Waals surface area contributed by atoms with E-state index in [4.69, 9.17) is 5.26 Å². The second-order valence-electron chi connectivity index (χ2n) is 4.00. The Morgan fingerprint density at radius 2 is 2.00 bits per heavy atom. The van der Waals surface area contributed by atoms with E-state index in [2.05, 4.69) is 33.6 Å². The third kappa shape index (κ3) is 3.42. The molecule has 0 aliphatic carbocycles. The van der Waals surface area contributed by atoms with Crippen LogP contribution in [0.1, 0.15) is 18.9 Å². The third-order valence-corrected chi connectivity index (χ3v) is 2.53. The number of hydrogen-bond acceptors (Lipinski definition) is 5. The van der Waals surface area contributed by atoms with Crippen molar-refractivity contribution in [3.05, 3.63) is 42.2 Å². The predicted octanol–water partition coefficient (Wildman–Crippen LogP) is 2.91. The van der Waals surface area contributed by atoms with Crippen LogP contribution in [-0.2, 0) is 0 Å². The average Bonchev–Trinajstić information content (AvgIpc) is 2.46. The topological polar surface area (TPSA) is 73.6 Å². The fourth-order valence-corrected chi connectivity index (χ4v) is 1.60. The van der Waals surface area contributed by atoms with Crippen molar-refractivity contribution < 1.29 is 0 Å². The number of para-hydroxylation sites is 1. The van der Waals surface area contributed by atoms with Gasteiger partial charge in [-0.2, -0.15) is 5.26 Å². The van der Waals surface area contributed by atoms with E-state index >= 15 is 0 Å². The highest BCUT2D eigenvalue weighted by molar-refractivity contribution is 5.65. The number of anilines is 3. The predicted molar refractivity (Wildman–Crippen MR) is 75.3 cm³/mol. The average molecular weight is 253 g/mol. The molecule has 1 heterocycles. The molecule has 96 valence electrons. The van der Waals surface area contributed by atoms with Gasteiger partial charge in [0.15, 0.2) is 0 Å². The van der Waals surface area contributed by atoms with Crippen LogP contribution in [0.2, 0.25) is 0 Å². The van der Waals surface area contributed by atoms with Gasteiger partial charge in [-0.15, -0.1) is 0 Å². The van der Waals surface area contributed by atoms with Gasteiger partial charge < -0.3 is 10.6 Å². The van der Waals surface area contributed by atoms with Crippen LogP contribution in [0.15, 0.2) is 36.7 Å². The summed E-state index contributed by atoms with van der Waals surface area (Å²) in [5.41, 5.74) is 1.33. The highest BCUT2D eigenvalue weighted by atomic mass is 15.1. The van der Waals surface area contributed by atoms with Gasteiger partial charge in [-0.1, -0.05) is 19.1 Å². The largest absolute Gasteiger partial charge is 0.370 e. The number of nitriles is 1. The molecule has 0 atom stereocenters. The van der Waals surface area contributed by atoms with Crippen molar-refractivity contribution >= 4 is 17.3 Å². The molecule has 0 amide bonds. The Balaban J connectivity index is 2.17. The van der Waals surface area contributed by atoms with Crippen LogP contribution in [0, 0.1) is 11.3 Å². The molecule has 0 aliphatic heterocycles. The number of hydrogen-bond donors (Lipinski definition) is 2. The molecule has 1 aromatic heterocycles. The maximum absolute atomic E-state index is 9.03. The highest BCUT2D eigenvalue weighted by Crippen LogP contribution is 2.19. The molecule has 0 radical (unpaired) electrons. The molecule has 0 saturated carbocycles. The molecule has 1 aromatic carbocycles. The van der Waals surface area contributed by atoms with Gasteiger partial charge in [0.2, 0.25) is 0 Å². The fraction of sp³-hybridized carbons (Fsp3) is 0.214. The first-order chi connectivity index (χ1) is 9.33. The molecule has 19 heavy (non-hydrogen) atoms. The first kappa shape index (κ1) is 12.8. The van der Waals surface area contributed by atoms with E-state index < -0.39 is 0 Å². The molecule has 5 nitrogen and oxygen atoms in total. The van der Waals surface area contributed by atoms with E-state index in [-0.39, 0.29) is 0 Å². The minimum absolute atomic E-state index is 0.587. The van der Waals surface area contributed by atoms with E-state index in [1.54, 1.807) is 6.07 Å². The first-order valence-corrected chi connectivity index (χ1v) is 6.15. The molecule has 0 spiro atoms. The first-order valence-electron chi connectivity index (χ1n) is 6.15. The second kappa shape index (κ2) is 6.36. The van der Waals surface area contributed by atoms with Crippen molar-refractivity contribution in [3.8, 4) is 6.07 Å². The molecule has 0 saturated heterocycles. The maximum Gasteiger partial charge on any atom is 0.135 e. The summed E-state index contributed by atoms with van der Waals surface area (Å²) in [5, 5.41) is 15.4. The van der Waals surface area contributed by atoms with Gasteiger partial charge in [0.05, 0.1) is 11.3 Å². The third-order valence-electron chi connectivity index (χ3n) is 2.53. The molecule has 0 unspecified atom stereocenters. The molecule has 2 N–H and O–H groups in total. The molecule has 2 aromatic rings. The molecule has 2 rings (SSSR count). The Labute approximate surface area is 112 Å². The van der Waals surface area contributed by atoms with Gasteiger partial charge in [-0.25, -0.2) is 9.97 Å². The van der Waals surface area contributed by atoms with Crippen LogP contribution >= 0.6 is 0 Å². The minimum atomic E-state index is 0.587. The van der Waals surface area contributed by atoms with Gasteiger partial charge >= 0.3 is 0 Å². The van der Waals surface area contributed by atoms with Crippen molar-refractivity contribution in [2.45, 2.75) is 13.3 Å². The standard InChI is InChI=1S/C14H15N5/c1-2-7-16-13-8-14(18-10-17-13)19-12-6-4-3-5-11(12)9-15/h3-6,8,10H,2,7H2,1H3,(H2,16,17,18,19). The number of benzene rings is 1. The lowest BCUT2D eigenvalue weighted by Gasteiger charge is -2.09. The molecule has 0 fully saturated rings. The van der Waals surface area contributed by atoms with E-state index in [9.17, 15) is 0 Å². The Kier molecular flexibility index (Phi) is 4.29. The normalized spacial score (nSPS) is 9.68. The van der Waals surface area contributed by atoms with E-state index in [0.717, 1.165) is 24.5 Å². The lowest BCUT2D eigenvalue weighted by atomic mass is 10.2. The van der Waals surface area contributed by atoms with Gasteiger partial charge in [-0.05, 0) is 18.6 Å².